The normalized spacial score (nSPS) is 26.7. The van der Waals surface area contributed by atoms with Crippen LogP contribution in [0, 0.1) is 17.6 Å². The summed E-state index contributed by atoms with van der Waals surface area (Å²) < 4.78 is 64.3. The second kappa shape index (κ2) is 14.5. The number of nitrogens with one attached hydrogen (secondary N) is 3. The van der Waals surface area contributed by atoms with E-state index in [0.29, 0.717) is 41.8 Å². The van der Waals surface area contributed by atoms with E-state index in [1.54, 1.807) is 20.2 Å². The highest BCUT2D eigenvalue weighted by atomic mass is 32.2. The quantitative estimate of drug-likeness (QED) is 0.184. The first-order chi connectivity index (χ1) is 27.2. The molecule has 0 unspecified atom stereocenters. The first-order valence-corrected chi connectivity index (χ1v) is 20.7. The van der Waals surface area contributed by atoms with Gasteiger partial charge in [0.05, 0.1) is 16.8 Å². The lowest BCUT2D eigenvalue weighted by Gasteiger charge is -2.30. The molecule has 8 rings (SSSR count). The minimum atomic E-state index is -4.04. The lowest BCUT2D eigenvalue weighted by atomic mass is 10.0. The number of amides is 4. The van der Waals surface area contributed by atoms with Gasteiger partial charge in [0, 0.05) is 42.4 Å². The van der Waals surface area contributed by atoms with E-state index >= 15 is 0 Å². The van der Waals surface area contributed by atoms with Crippen molar-refractivity contribution in [1.82, 2.24) is 35.0 Å². The van der Waals surface area contributed by atoms with Gasteiger partial charge in [-0.1, -0.05) is 25.0 Å². The molecule has 0 bridgehead atoms. The average Bonchev–Trinajstić information content (AvgIpc) is 3.96. The number of nitrogens with zero attached hydrogens (tertiary/aromatic N) is 4. The van der Waals surface area contributed by atoms with Gasteiger partial charge in [-0.05, 0) is 87.2 Å². The minimum absolute atomic E-state index is 0.0331. The third-order valence-electron chi connectivity index (χ3n) is 11.7. The van der Waals surface area contributed by atoms with Crippen LogP contribution in [0.4, 0.5) is 8.78 Å². The second-order valence-electron chi connectivity index (χ2n) is 15.9. The molecule has 17 heteroatoms. The molecule has 14 nitrogen and oxygen atoms in total. The molecule has 4 heterocycles. The Kier molecular flexibility index (Phi) is 9.77. The highest BCUT2D eigenvalue weighted by molar-refractivity contribution is 7.91. The highest BCUT2D eigenvalue weighted by Gasteiger charge is 2.63. The molecule has 0 spiro atoms. The smallest absolute Gasteiger partial charge is 0.272 e. The molecule has 1 saturated heterocycles. The van der Waals surface area contributed by atoms with Crippen LogP contribution in [-0.4, -0.2) is 86.7 Å². The number of hydrogen-bond donors (Lipinski definition) is 3. The fourth-order valence-corrected chi connectivity index (χ4v) is 9.20. The zero-order valence-corrected chi connectivity index (χ0v) is 32.3. The molecule has 4 amide bonds. The van der Waals surface area contributed by atoms with Crippen LogP contribution in [0.3, 0.4) is 0 Å². The predicted octanol–water partition coefficient (Wildman–Crippen LogP) is 3.94. The molecule has 2 saturated carbocycles. The number of ether oxygens (including phenoxy) is 1. The van der Waals surface area contributed by atoms with Gasteiger partial charge in [-0.25, -0.2) is 22.2 Å². The van der Waals surface area contributed by atoms with Crippen molar-refractivity contribution in [3.05, 3.63) is 78.1 Å². The van der Waals surface area contributed by atoms with Crippen LogP contribution in [0.5, 0.6) is 5.88 Å². The van der Waals surface area contributed by atoms with E-state index in [0.717, 1.165) is 12.8 Å². The van der Waals surface area contributed by atoms with Crippen LogP contribution >= 0.6 is 0 Å². The number of aromatic nitrogens is 3. The molecule has 4 aliphatic rings. The molecule has 2 aromatic carbocycles. The number of carbonyl (C=O) groups excluding carboxylic acids is 4. The second-order valence-corrected chi connectivity index (χ2v) is 18.1. The van der Waals surface area contributed by atoms with Crippen molar-refractivity contribution in [1.29, 1.82) is 0 Å². The van der Waals surface area contributed by atoms with Crippen molar-refractivity contribution in [3.8, 4) is 5.88 Å². The minimum Gasteiger partial charge on any atom is -0.472 e. The highest BCUT2D eigenvalue weighted by Crippen LogP contribution is 2.47. The first kappa shape index (κ1) is 38.4. The fourth-order valence-electron chi connectivity index (χ4n) is 7.88. The average molecular weight is 804 g/mol. The monoisotopic (exact) mass is 803 g/mol. The zero-order chi connectivity index (χ0) is 40.3. The van der Waals surface area contributed by atoms with Crippen LogP contribution in [0.25, 0.3) is 21.7 Å². The number of aryl methyl sites for hydroxylation is 1. The molecule has 57 heavy (non-hydrogen) atoms. The zero-order valence-electron chi connectivity index (χ0n) is 31.5. The molecule has 3 fully saturated rings. The lowest BCUT2D eigenvalue weighted by Crippen LogP contribution is -2.58. The number of benzene rings is 2. The number of allylic oxidation sites excluding steroid dienone is 1. The van der Waals surface area contributed by atoms with Crippen molar-refractivity contribution in [2.75, 3.05) is 6.54 Å². The summed E-state index contributed by atoms with van der Waals surface area (Å²) in [7, 11) is -2.38. The summed E-state index contributed by atoms with van der Waals surface area (Å²) >= 11 is 0. The maximum Gasteiger partial charge on any atom is 0.272 e. The van der Waals surface area contributed by atoms with Gasteiger partial charge in [-0.3, -0.25) is 28.6 Å². The van der Waals surface area contributed by atoms with Gasteiger partial charge >= 0.3 is 0 Å². The molecule has 5 atom stereocenters. The molecule has 3 N–H and O–H groups in total. The summed E-state index contributed by atoms with van der Waals surface area (Å²) in [6, 6.07) is 7.21. The van der Waals surface area contributed by atoms with Gasteiger partial charge in [0.1, 0.15) is 41.1 Å². The Morgan fingerprint density at radius 2 is 1.75 bits per heavy atom. The fraction of sp³-hybridized carbons (Fsp3) is 0.450. The van der Waals surface area contributed by atoms with Gasteiger partial charge in [-0.15, -0.1) is 0 Å². The van der Waals surface area contributed by atoms with E-state index in [-0.39, 0.29) is 42.9 Å². The molecule has 4 aromatic rings. The number of pyridine rings is 1. The Morgan fingerprint density at radius 1 is 1.00 bits per heavy atom. The number of hydrogen-bond acceptors (Lipinski definition) is 9. The van der Waals surface area contributed by atoms with Crippen molar-refractivity contribution >= 4 is 55.3 Å². The Hall–Kier alpha value is -5.45. The van der Waals surface area contributed by atoms with Crippen molar-refractivity contribution in [2.24, 2.45) is 13.0 Å². The maximum atomic E-state index is 14.6. The standard InChI is InChI=1S/C40H43F2N7O7S/c1-39(15-16-39)57(54,55)47-38(53)40-21-23(40)8-6-4-3-5-7-9-31(43-34(50)30-14-17-48(2)46-30)37(52)49-22-26(20-33(49)35(51)45-40)56-36-28-13-11-24(41)18-29(28)27-12-10-25(42)19-32(27)44-36/h6,8,10-14,17-19,23,26,31,33H,3-5,7,9,15-16,20-22H2,1-2H3,(H,43,50)(H,45,51)(H,47,53)/b8-6-/t23-,26-,31+,33+,40-/m1/s1. The Balaban J connectivity index is 1.14. The molecule has 2 aromatic heterocycles. The Bertz CT molecular complexity index is 2450. The van der Waals surface area contributed by atoms with Gasteiger partial charge in [0.15, 0.2) is 0 Å². The number of fused-ring (bicyclic) bond motifs is 5. The van der Waals surface area contributed by atoms with E-state index in [4.69, 9.17) is 4.74 Å². The molecule has 2 aliphatic carbocycles. The van der Waals surface area contributed by atoms with Crippen LogP contribution in [0.15, 0.2) is 60.8 Å². The van der Waals surface area contributed by atoms with E-state index < -0.39 is 79.7 Å². The van der Waals surface area contributed by atoms with E-state index in [2.05, 4.69) is 25.4 Å². The Morgan fingerprint density at radius 3 is 2.49 bits per heavy atom. The molecule has 2 aliphatic heterocycles. The van der Waals surface area contributed by atoms with Crippen LogP contribution in [0.1, 0.15) is 75.2 Å². The maximum absolute atomic E-state index is 14.6. The Labute approximate surface area is 327 Å². The van der Waals surface area contributed by atoms with E-state index in [9.17, 15) is 36.4 Å². The van der Waals surface area contributed by atoms with Crippen LogP contribution in [0.2, 0.25) is 0 Å². The summed E-state index contributed by atoms with van der Waals surface area (Å²) in [6.07, 6.45) is 8.29. The molecular formula is C40H43F2N7O7S. The number of rotatable bonds is 7. The van der Waals surface area contributed by atoms with Gasteiger partial charge in [-0.2, -0.15) is 5.10 Å². The van der Waals surface area contributed by atoms with E-state index in [1.807, 2.05) is 12.2 Å². The number of carbonyl (C=O) groups is 4. The van der Waals surface area contributed by atoms with E-state index in [1.165, 1.54) is 52.0 Å². The summed E-state index contributed by atoms with van der Waals surface area (Å²) in [4.78, 5) is 62.3. The SMILES string of the molecule is Cn1ccc(C(=O)N[C@H]2CCCCC/C=C\[C@@H]3C[C@@]3(C(=O)NS(=O)(=O)C3(C)CC3)NC(=O)[C@@H]3C[C@@H](Oc4nc5cc(F)ccc5c5cc(F)ccc45)CN3C2=O)n1. The molecule has 0 radical (unpaired) electrons. The third-order valence-corrected chi connectivity index (χ3v) is 13.8. The third kappa shape index (κ3) is 7.44. The summed E-state index contributed by atoms with van der Waals surface area (Å²) in [5, 5.41) is 11.2. The summed E-state index contributed by atoms with van der Waals surface area (Å²) in [5.41, 5.74) is -1.28. The molecular weight excluding hydrogens is 761 g/mol. The van der Waals surface area contributed by atoms with Gasteiger partial charge < -0.3 is 20.3 Å². The van der Waals surface area contributed by atoms with Gasteiger partial charge in [0.2, 0.25) is 27.7 Å². The summed E-state index contributed by atoms with van der Waals surface area (Å²) in [6.45, 7) is 1.42. The van der Waals surface area contributed by atoms with Crippen LogP contribution < -0.4 is 20.1 Å². The van der Waals surface area contributed by atoms with Gasteiger partial charge in [0.25, 0.3) is 11.8 Å². The molecule has 300 valence electrons. The van der Waals surface area contributed by atoms with Crippen molar-refractivity contribution < 1.29 is 41.1 Å². The lowest BCUT2D eigenvalue weighted by molar-refractivity contribution is -0.141. The first-order valence-electron chi connectivity index (χ1n) is 19.2. The predicted molar refractivity (Wildman–Crippen MR) is 204 cm³/mol. The largest absolute Gasteiger partial charge is 0.472 e. The van der Waals surface area contributed by atoms with Crippen molar-refractivity contribution in [3.63, 3.8) is 0 Å². The van der Waals surface area contributed by atoms with Crippen molar-refractivity contribution in [2.45, 2.75) is 93.2 Å². The van der Waals surface area contributed by atoms with Crippen LogP contribution in [-0.2, 0) is 31.5 Å². The number of sulfonamides is 1. The number of halogens is 2. The summed E-state index contributed by atoms with van der Waals surface area (Å²) in [5.74, 6) is -4.24. The topological polar surface area (TPSA) is 182 Å².